The molecule has 0 radical (unpaired) electrons. The number of fused-ring (bicyclic) bond motifs is 4. The lowest BCUT2D eigenvalue weighted by Gasteiger charge is -2.35. The van der Waals surface area contributed by atoms with Crippen LogP contribution in [0.4, 0.5) is 4.39 Å². The quantitative estimate of drug-likeness (QED) is 0.752. The number of hydrogen-bond donors (Lipinski definition) is 1. The summed E-state index contributed by atoms with van der Waals surface area (Å²) in [6.45, 7) is 10.6. The molecule has 0 spiro atoms. The zero-order chi connectivity index (χ0) is 21.4. The summed E-state index contributed by atoms with van der Waals surface area (Å²) in [4.78, 5) is 7.48. The molecule has 0 fully saturated rings. The first-order valence-corrected chi connectivity index (χ1v) is 11.3. The van der Waals surface area contributed by atoms with Crippen LogP contribution in [0.3, 0.4) is 0 Å². The number of nitrogens with one attached hydrogen (secondary N) is 1. The number of hydrogen-bond acceptors (Lipinski definition) is 4. The molecular weight excluding hydrogens is 389 g/mol. The van der Waals surface area contributed by atoms with E-state index in [1.54, 1.807) is 6.07 Å². The Labute approximate surface area is 182 Å². The summed E-state index contributed by atoms with van der Waals surface area (Å²) in [7, 11) is 2.03. The summed E-state index contributed by atoms with van der Waals surface area (Å²) in [5.41, 5.74) is 10.2. The highest BCUT2D eigenvalue weighted by Crippen LogP contribution is 2.47. The third-order valence-corrected chi connectivity index (χ3v) is 7.74. The Bertz CT molecular complexity index is 1230. The van der Waals surface area contributed by atoms with Crippen molar-refractivity contribution < 1.29 is 9.13 Å². The topological polar surface area (TPSA) is 37.4 Å². The third kappa shape index (κ3) is 2.53. The number of halogens is 1. The molecule has 1 aromatic carbocycles. The third-order valence-electron chi connectivity index (χ3n) is 7.74. The van der Waals surface area contributed by atoms with Gasteiger partial charge in [-0.2, -0.15) is 0 Å². The monoisotopic (exact) mass is 417 g/mol. The van der Waals surface area contributed by atoms with Gasteiger partial charge in [-0.15, -0.1) is 0 Å². The van der Waals surface area contributed by atoms with Crippen molar-refractivity contribution in [1.82, 2.24) is 15.2 Å². The lowest BCUT2D eigenvalue weighted by atomic mass is 9.82. The SMILES string of the molecule is C=C1OCC2=C(C=C3c4nc5cc(F)c(C)c6c5c(c4CN3C2)C(NC)CC6)C1CC. The molecule has 2 atom stereocenters. The zero-order valence-corrected chi connectivity index (χ0v) is 18.4. The van der Waals surface area contributed by atoms with E-state index in [1.807, 2.05) is 14.0 Å². The lowest BCUT2D eigenvalue weighted by Crippen LogP contribution is -2.30. The van der Waals surface area contributed by atoms with Gasteiger partial charge in [-0.25, -0.2) is 9.37 Å². The Kier molecular flexibility index (Phi) is 4.10. The first kappa shape index (κ1) is 19.1. The highest BCUT2D eigenvalue weighted by Gasteiger charge is 2.38. The summed E-state index contributed by atoms with van der Waals surface area (Å²) in [6, 6.07) is 1.91. The molecule has 1 aromatic heterocycles. The number of aryl methyl sites for hydroxylation is 1. The average Bonchev–Trinajstić information content (AvgIpc) is 3.13. The van der Waals surface area contributed by atoms with E-state index in [0.717, 1.165) is 60.4 Å². The minimum Gasteiger partial charge on any atom is -0.493 e. The van der Waals surface area contributed by atoms with Crippen LogP contribution in [-0.2, 0) is 17.7 Å². The summed E-state index contributed by atoms with van der Waals surface area (Å²) in [6.07, 6.45) is 5.15. The van der Waals surface area contributed by atoms with Crippen molar-refractivity contribution in [3.8, 4) is 0 Å². The molecule has 4 heterocycles. The normalized spacial score (nSPS) is 24.1. The van der Waals surface area contributed by atoms with Crippen LogP contribution in [-0.4, -0.2) is 30.1 Å². The molecule has 2 aromatic rings. The second kappa shape index (κ2) is 6.67. The fourth-order valence-corrected chi connectivity index (χ4v) is 6.11. The summed E-state index contributed by atoms with van der Waals surface area (Å²) in [5.74, 6) is 0.954. The largest absolute Gasteiger partial charge is 0.493 e. The van der Waals surface area contributed by atoms with Crippen LogP contribution in [0, 0.1) is 18.7 Å². The molecule has 0 bridgehead atoms. The number of benzene rings is 1. The Morgan fingerprint density at radius 3 is 2.94 bits per heavy atom. The van der Waals surface area contributed by atoms with Crippen LogP contribution in [0.15, 0.2) is 35.6 Å². The fraction of sp³-hybridized carbons (Fsp3) is 0.423. The summed E-state index contributed by atoms with van der Waals surface area (Å²) in [5, 5.41) is 4.69. The van der Waals surface area contributed by atoms with Gasteiger partial charge >= 0.3 is 0 Å². The molecule has 5 heteroatoms. The van der Waals surface area contributed by atoms with Crippen molar-refractivity contribution in [3.63, 3.8) is 0 Å². The average molecular weight is 418 g/mol. The van der Waals surface area contributed by atoms with Crippen molar-refractivity contribution >= 4 is 16.6 Å². The Balaban J connectivity index is 1.60. The van der Waals surface area contributed by atoms with E-state index >= 15 is 0 Å². The molecule has 0 amide bonds. The lowest BCUT2D eigenvalue weighted by molar-refractivity contribution is 0.184. The van der Waals surface area contributed by atoms with E-state index in [2.05, 4.69) is 29.8 Å². The van der Waals surface area contributed by atoms with Gasteiger partial charge in [-0.1, -0.05) is 13.5 Å². The minimum absolute atomic E-state index is 0.145. The van der Waals surface area contributed by atoms with Crippen molar-refractivity contribution in [1.29, 1.82) is 0 Å². The van der Waals surface area contributed by atoms with Crippen LogP contribution in [0.1, 0.15) is 53.8 Å². The van der Waals surface area contributed by atoms with Gasteiger partial charge in [0, 0.05) is 42.1 Å². The van der Waals surface area contributed by atoms with E-state index in [9.17, 15) is 4.39 Å². The van der Waals surface area contributed by atoms with E-state index < -0.39 is 0 Å². The number of allylic oxidation sites excluding steroid dienone is 2. The van der Waals surface area contributed by atoms with Gasteiger partial charge in [0.05, 0.1) is 22.7 Å². The molecule has 3 aliphatic heterocycles. The highest BCUT2D eigenvalue weighted by molar-refractivity contribution is 5.92. The maximum absolute atomic E-state index is 14.8. The number of aromatic nitrogens is 1. The molecule has 31 heavy (non-hydrogen) atoms. The Morgan fingerprint density at radius 2 is 2.16 bits per heavy atom. The van der Waals surface area contributed by atoms with Gasteiger partial charge < -0.3 is 15.0 Å². The number of pyridine rings is 1. The number of nitrogens with zero attached hydrogens (tertiary/aromatic N) is 2. The molecule has 0 saturated carbocycles. The fourth-order valence-electron chi connectivity index (χ4n) is 6.11. The Morgan fingerprint density at radius 1 is 1.32 bits per heavy atom. The van der Waals surface area contributed by atoms with E-state index in [-0.39, 0.29) is 17.8 Å². The van der Waals surface area contributed by atoms with Crippen LogP contribution < -0.4 is 5.32 Å². The standard InChI is InChI=1S/C26H28FN3O/c1-5-16-14(3)31-12-15-10-30-11-19-25-21(28-4)7-6-17-13(2)20(27)9-22(24(17)25)29-26(19)23(30)8-18(15)16/h8-9,16,21,28H,3,5-7,10-12H2,1-2,4H3. The van der Waals surface area contributed by atoms with Gasteiger partial charge in [0.1, 0.15) is 12.4 Å². The van der Waals surface area contributed by atoms with Crippen LogP contribution in [0.25, 0.3) is 16.6 Å². The molecule has 160 valence electrons. The van der Waals surface area contributed by atoms with Gasteiger partial charge in [-0.3, -0.25) is 0 Å². The van der Waals surface area contributed by atoms with E-state index in [4.69, 9.17) is 9.72 Å². The second-order valence-electron chi connectivity index (χ2n) is 9.25. The van der Waals surface area contributed by atoms with E-state index in [1.165, 1.54) is 33.4 Å². The molecule has 6 rings (SSSR count). The van der Waals surface area contributed by atoms with Crippen LogP contribution in [0.2, 0.25) is 0 Å². The maximum atomic E-state index is 14.8. The number of rotatable bonds is 2. The molecule has 4 aliphatic rings. The van der Waals surface area contributed by atoms with Crippen LogP contribution in [0.5, 0.6) is 0 Å². The van der Waals surface area contributed by atoms with E-state index in [0.29, 0.717) is 6.61 Å². The summed E-state index contributed by atoms with van der Waals surface area (Å²) < 4.78 is 20.7. The molecule has 0 saturated heterocycles. The Hall–Kier alpha value is -2.66. The molecule has 2 unspecified atom stereocenters. The number of ether oxygens (including phenoxy) is 1. The predicted octanol–water partition coefficient (Wildman–Crippen LogP) is 4.93. The van der Waals surface area contributed by atoms with Crippen molar-refractivity contribution in [2.24, 2.45) is 5.92 Å². The first-order chi connectivity index (χ1) is 15.0. The van der Waals surface area contributed by atoms with Crippen LogP contribution >= 0.6 is 0 Å². The van der Waals surface area contributed by atoms with Crippen molar-refractivity contribution in [3.05, 3.63) is 69.4 Å². The maximum Gasteiger partial charge on any atom is 0.128 e. The first-order valence-electron chi connectivity index (χ1n) is 11.3. The minimum atomic E-state index is -0.145. The predicted molar refractivity (Wildman–Crippen MR) is 121 cm³/mol. The van der Waals surface area contributed by atoms with Gasteiger partial charge in [0.2, 0.25) is 0 Å². The molecule has 4 nitrogen and oxygen atoms in total. The zero-order valence-electron chi connectivity index (χ0n) is 18.4. The second-order valence-corrected chi connectivity index (χ2v) is 9.25. The van der Waals surface area contributed by atoms with Gasteiger partial charge in [-0.05, 0) is 67.1 Å². The molecule has 1 aliphatic carbocycles. The van der Waals surface area contributed by atoms with Gasteiger partial charge in [0.15, 0.2) is 0 Å². The highest BCUT2D eigenvalue weighted by atomic mass is 19.1. The van der Waals surface area contributed by atoms with Crippen molar-refractivity contribution in [2.75, 3.05) is 20.2 Å². The summed E-state index contributed by atoms with van der Waals surface area (Å²) >= 11 is 0. The molecular formula is C26H28FN3O. The molecule has 1 N–H and O–H groups in total. The van der Waals surface area contributed by atoms with Gasteiger partial charge in [0.25, 0.3) is 0 Å². The van der Waals surface area contributed by atoms with Crippen molar-refractivity contribution in [2.45, 2.75) is 45.7 Å². The smallest absolute Gasteiger partial charge is 0.128 e.